The van der Waals surface area contributed by atoms with Gasteiger partial charge in [0.1, 0.15) is 17.2 Å². The highest BCUT2D eigenvalue weighted by Gasteiger charge is 2.43. The molecule has 6 heteroatoms. The van der Waals surface area contributed by atoms with Gasteiger partial charge in [-0.05, 0) is 48.7 Å². The third kappa shape index (κ3) is 3.97. The SMILES string of the molecule is O[C@@H](CN1CCC2(CC1)C[C@H](O)c1cc(Cl)ccc1O2)c1ccc(F)cc1. The lowest BCUT2D eigenvalue weighted by atomic mass is 9.81. The van der Waals surface area contributed by atoms with Gasteiger partial charge in [0, 0.05) is 36.6 Å². The molecule has 4 nitrogen and oxygen atoms in total. The molecule has 0 radical (unpaired) electrons. The van der Waals surface area contributed by atoms with Crippen LogP contribution >= 0.6 is 11.6 Å². The van der Waals surface area contributed by atoms with Gasteiger partial charge < -0.3 is 19.8 Å². The molecule has 1 spiro atoms. The van der Waals surface area contributed by atoms with E-state index >= 15 is 0 Å². The summed E-state index contributed by atoms with van der Waals surface area (Å²) in [7, 11) is 0. The van der Waals surface area contributed by atoms with Crippen LogP contribution < -0.4 is 4.74 Å². The molecule has 27 heavy (non-hydrogen) atoms. The van der Waals surface area contributed by atoms with Crippen molar-refractivity contribution < 1.29 is 19.3 Å². The van der Waals surface area contributed by atoms with Gasteiger partial charge in [-0.3, -0.25) is 0 Å². The third-order valence-electron chi connectivity index (χ3n) is 5.68. The quantitative estimate of drug-likeness (QED) is 0.834. The molecule has 2 aromatic rings. The van der Waals surface area contributed by atoms with Crippen molar-refractivity contribution in [3.8, 4) is 5.75 Å². The fourth-order valence-electron chi connectivity index (χ4n) is 4.09. The molecule has 2 aliphatic heterocycles. The second kappa shape index (κ2) is 7.40. The molecule has 1 saturated heterocycles. The molecule has 0 aliphatic carbocycles. The Labute approximate surface area is 163 Å². The van der Waals surface area contributed by atoms with E-state index in [2.05, 4.69) is 4.90 Å². The highest BCUT2D eigenvalue weighted by atomic mass is 35.5. The van der Waals surface area contributed by atoms with Crippen LogP contribution in [0.3, 0.4) is 0 Å². The number of nitrogens with zero attached hydrogens (tertiary/aromatic N) is 1. The largest absolute Gasteiger partial charge is 0.487 e. The molecule has 0 amide bonds. The molecule has 1 fully saturated rings. The Morgan fingerprint density at radius 3 is 2.59 bits per heavy atom. The van der Waals surface area contributed by atoms with Crippen molar-refractivity contribution in [2.75, 3.05) is 19.6 Å². The molecule has 0 saturated carbocycles. The molecule has 2 atom stereocenters. The Balaban J connectivity index is 1.39. The summed E-state index contributed by atoms with van der Waals surface area (Å²) in [6.07, 6.45) is 0.878. The third-order valence-corrected chi connectivity index (χ3v) is 5.91. The molecule has 2 heterocycles. The fourth-order valence-corrected chi connectivity index (χ4v) is 4.27. The number of halogens is 2. The topological polar surface area (TPSA) is 52.9 Å². The van der Waals surface area contributed by atoms with Crippen molar-refractivity contribution in [3.05, 3.63) is 64.4 Å². The minimum atomic E-state index is -0.652. The van der Waals surface area contributed by atoms with Crippen LogP contribution in [0.4, 0.5) is 4.39 Å². The maximum absolute atomic E-state index is 13.0. The van der Waals surface area contributed by atoms with Gasteiger partial charge in [-0.1, -0.05) is 23.7 Å². The van der Waals surface area contributed by atoms with E-state index in [1.54, 1.807) is 24.3 Å². The second-order valence-corrected chi connectivity index (χ2v) is 7.99. The number of rotatable bonds is 3. The van der Waals surface area contributed by atoms with Gasteiger partial charge in [0.2, 0.25) is 0 Å². The molecule has 2 aromatic carbocycles. The summed E-state index contributed by atoms with van der Waals surface area (Å²) in [5.74, 6) is 0.401. The van der Waals surface area contributed by atoms with Crippen molar-refractivity contribution in [2.45, 2.75) is 37.1 Å². The first kappa shape index (κ1) is 18.7. The predicted molar refractivity (Wildman–Crippen MR) is 101 cm³/mol. The van der Waals surface area contributed by atoms with Gasteiger partial charge in [0.25, 0.3) is 0 Å². The van der Waals surface area contributed by atoms with E-state index in [9.17, 15) is 14.6 Å². The summed E-state index contributed by atoms with van der Waals surface area (Å²) in [5, 5.41) is 21.6. The normalized spacial score (nSPS) is 22.9. The molecule has 2 N–H and O–H groups in total. The van der Waals surface area contributed by atoms with Crippen molar-refractivity contribution in [3.63, 3.8) is 0 Å². The Morgan fingerprint density at radius 1 is 1.19 bits per heavy atom. The van der Waals surface area contributed by atoms with Crippen LogP contribution in [0.5, 0.6) is 5.75 Å². The maximum atomic E-state index is 13.0. The second-order valence-electron chi connectivity index (χ2n) is 7.56. The molecule has 2 aliphatic rings. The molecular formula is C21H23ClFNO3. The number of β-amino-alcohol motifs (C(OH)–C–C–N with tert-alkyl or cyclic N) is 1. The first-order valence-corrected chi connectivity index (χ1v) is 9.64. The Kier molecular flexibility index (Phi) is 5.12. The molecule has 144 valence electrons. The molecule has 0 unspecified atom stereocenters. The average molecular weight is 392 g/mol. The van der Waals surface area contributed by atoms with Crippen molar-refractivity contribution in [1.82, 2.24) is 4.90 Å². The number of fused-ring (bicyclic) bond motifs is 1. The summed E-state index contributed by atoms with van der Waals surface area (Å²) < 4.78 is 19.3. The average Bonchev–Trinajstić information content (AvgIpc) is 2.65. The maximum Gasteiger partial charge on any atom is 0.126 e. The van der Waals surface area contributed by atoms with Gasteiger partial charge in [-0.15, -0.1) is 0 Å². The minimum Gasteiger partial charge on any atom is -0.487 e. The van der Waals surface area contributed by atoms with Crippen LogP contribution in [0, 0.1) is 5.82 Å². The van der Waals surface area contributed by atoms with Crippen LogP contribution in [-0.2, 0) is 0 Å². The van der Waals surface area contributed by atoms with E-state index in [0.717, 1.165) is 31.5 Å². The number of benzene rings is 2. The zero-order valence-corrected chi connectivity index (χ0v) is 15.7. The number of hydrogen-bond donors (Lipinski definition) is 2. The number of aliphatic hydroxyl groups is 2. The van der Waals surface area contributed by atoms with E-state index in [-0.39, 0.29) is 11.4 Å². The number of piperidine rings is 1. The first-order valence-electron chi connectivity index (χ1n) is 9.27. The van der Waals surface area contributed by atoms with Crippen molar-refractivity contribution >= 4 is 11.6 Å². The highest BCUT2D eigenvalue weighted by molar-refractivity contribution is 6.30. The molecule has 0 aromatic heterocycles. The molecule has 0 bridgehead atoms. The first-order chi connectivity index (χ1) is 12.9. The minimum absolute atomic E-state index is 0.305. The van der Waals surface area contributed by atoms with E-state index in [4.69, 9.17) is 16.3 Å². The van der Waals surface area contributed by atoms with Gasteiger partial charge in [0.05, 0.1) is 12.2 Å². The van der Waals surface area contributed by atoms with Crippen LogP contribution in [0.2, 0.25) is 5.02 Å². The van der Waals surface area contributed by atoms with Crippen LogP contribution in [-0.4, -0.2) is 40.3 Å². The van der Waals surface area contributed by atoms with Crippen LogP contribution in [0.1, 0.15) is 42.6 Å². The number of likely N-dealkylation sites (tertiary alicyclic amines) is 1. The van der Waals surface area contributed by atoms with E-state index < -0.39 is 12.2 Å². The van der Waals surface area contributed by atoms with Gasteiger partial charge >= 0.3 is 0 Å². The summed E-state index contributed by atoms with van der Waals surface area (Å²) in [5.41, 5.74) is 1.09. The monoisotopic (exact) mass is 391 g/mol. The van der Waals surface area contributed by atoms with Gasteiger partial charge in [-0.25, -0.2) is 4.39 Å². The summed E-state index contributed by atoms with van der Waals surface area (Å²) >= 11 is 6.03. The molecule has 4 rings (SSSR count). The van der Waals surface area contributed by atoms with Crippen LogP contribution in [0.15, 0.2) is 42.5 Å². The number of hydrogen-bond acceptors (Lipinski definition) is 4. The smallest absolute Gasteiger partial charge is 0.126 e. The van der Waals surface area contributed by atoms with E-state index in [1.165, 1.54) is 12.1 Å². The summed E-state index contributed by atoms with van der Waals surface area (Å²) in [6, 6.07) is 11.3. The Bertz CT molecular complexity index is 806. The lowest BCUT2D eigenvalue weighted by Gasteiger charge is -2.46. The van der Waals surface area contributed by atoms with E-state index in [0.29, 0.717) is 29.3 Å². The van der Waals surface area contributed by atoms with Gasteiger partial charge in [0.15, 0.2) is 0 Å². The van der Waals surface area contributed by atoms with Gasteiger partial charge in [-0.2, -0.15) is 0 Å². The van der Waals surface area contributed by atoms with Crippen molar-refractivity contribution in [1.29, 1.82) is 0 Å². The lowest BCUT2D eigenvalue weighted by molar-refractivity contribution is -0.0587. The number of aliphatic hydroxyl groups excluding tert-OH is 2. The number of ether oxygens (including phenoxy) is 1. The zero-order chi connectivity index (χ0) is 19.0. The Hall–Kier alpha value is -1.66. The highest BCUT2D eigenvalue weighted by Crippen LogP contribution is 2.45. The lowest BCUT2D eigenvalue weighted by Crippen LogP contribution is -2.51. The predicted octanol–water partition coefficient (Wildman–Crippen LogP) is 3.86. The zero-order valence-electron chi connectivity index (χ0n) is 14.9. The van der Waals surface area contributed by atoms with E-state index in [1.807, 2.05) is 6.07 Å². The van der Waals surface area contributed by atoms with Crippen LogP contribution in [0.25, 0.3) is 0 Å². The molecular weight excluding hydrogens is 369 g/mol. The fraction of sp³-hybridized carbons (Fsp3) is 0.429. The summed E-state index contributed by atoms with van der Waals surface area (Å²) in [4.78, 5) is 2.19. The summed E-state index contributed by atoms with van der Waals surface area (Å²) in [6.45, 7) is 2.04. The Morgan fingerprint density at radius 2 is 1.89 bits per heavy atom. The van der Waals surface area contributed by atoms with Crippen molar-refractivity contribution in [2.24, 2.45) is 0 Å². The standard InChI is InChI=1S/C21H23ClFNO3/c22-15-3-6-20-17(11-15)18(25)12-21(27-20)7-9-24(10-8-21)13-19(26)14-1-4-16(23)5-2-14/h1-6,11,18-19,25-26H,7-10,12-13H2/t18-,19-/m0/s1.